The van der Waals surface area contributed by atoms with Crippen LogP contribution in [0.1, 0.15) is 219 Å². The number of quaternary nitrogens is 1. The molecule has 0 aliphatic rings. The Morgan fingerprint density at radius 3 is 1.12 bits per heavy atom. The van der Waals surface area contributed by atoms with Crippen molar-refractivity contribution < 1.29 is 42.1 Å². The fourth-order valence-electron chi connectivity index (χ4n) is 7.54. The third-order valence-corrected chi connectivity index (χ3v) is 12.9. The van der Waals surface area contributed by atoms with Gasteiger partial charge in [0, 0.05) is 12.8 Å². The van der Waals surface area contributed by atoms with Gasteiger partial charge in [-0.3, -0.25) is 14.2 Å². The van der Waals surface area contributed by atoms with Gasteiger partial charge in [-0.1, -0.05) is 232 Å². The fourth-order valence-corrected chi connectivity index (χ4v) is 8.27. The Balaban J connectivity index is 4.14. The van der Waals surface area contributed by atoms with E-state index in [0.29, 0.717) is 23.9 Å². The summed E-state index contributed by atoms with van der Waals surface area (Å²) in [5, 5.41) is 0. The average Bonchev–Trinajstić information content (AvgIpc) is 3.36. The van der Waals surface area contributed by atoms with Crippen molar-refractivity contribution in [3.05, 3.63) is 122 Å². The van der Waals surface area contributed by atoms with Gasteiger partial charge in [0.25, 0.3) is 7.82 Å². The van der Waals surface area contributed by atoms with Gasteiger partial charge in [-0.25, -0.2) is 0 Å². The van der Waals surface area contributed by atoms with Crippen LogP contribution in [0.5, 0.6) is 0 Å². The lowest BCUT2D eigenvalue weighted by Crippen LogP contribution is -2.37. The highest BCUT2D eigenvalue weighted by Gasteiger charge is 2.21. The van der Waals surface area contributed by atoms with E-state index in [1.807, 2.05) is 21.1 Å². The van der Waals surface area contributed by atoms with Gasteiger partial charge in [0.15, 0.2) is 6.10 Å². The van der Waals surface area contributed by atoms with E-state index in [4.69, 9.17) is 18.5 Å². The second kappa shape index (κ2) is 54.2. The predicted octanol–water partition coefficient (Wildman–Crippen LogP) is 17.7. The molecule has 0 aromatic rings. The topological polar surface area (TPSA) is 111 Å². The second-order valence-corrected chi connectivity index (χ2v) is 21.7. The maximum atomic E-state index is 12.8. The highest BCUT2D eigenvalue weighted by atomic mass is 31.2. The molecule has 2 unspecified atom stereocenters. The van der Waals surface area contributed by atoms with Crippen molar-refractivity contribution in [3.8, 4) is 0 Å². The first-order chi connectivity index (χ1) is 36.0. The molecule has 0 aromatic carbocycles. The summed E-state index contributed by atoms with van der Waals surface area (Å²) in [6, 6.07) is 0. The van der Waals surface area contributed by atoms with E-state index in [1.54, 1.807) is 0 Å². The number of nitrogens with zero attached hydrogens (tertiary/aromatic N) is 1. The van der Waals surface area contributed by atoms with Crippen LogP contribution < -0.4 is 4.89 Å². The lowest BCUT2D eigenvalue weighted by atomic mass is 10.0. The summed E-state index contributed by atoms with van der Waals surface area (Å²) < 4.78 is 34.1. The largest absolute Gasteiger partial charge is 0.756 e. The van der Waals surface area contributed by atoms with E-state index >= 15 is 0 Å². The SMILES string of the molecule is CC/C=C\C/C=C\C/C=C\C/C=C\C/C=C\CCCCCCCCCCCCCCCCCCCC(=O)OC(COC(=O)CCC/C=C\C/C=C\C/C=C\C/C=C\C/C=C\CC)COP(=O)([O-])OCC[N+](C)(C)C. The quantitative estimate of drug-likeness (QED) is 0.0195. The minimum absolute atomic E-state index is 0.0447. The molecule has 0 aromatic heterocycles. The summed E-state index contributed by atoms with van der Waals surface area (Å²) in [5.74, 6) is -0.906. The number of hydrogen-bond acceptors (Lipinski definition) is 8. The number of rotatable bonds is 52. The molecule has 0 saturated heterocycles. The normalized spacial score (nSPS) is 14.2. The van der Waals surface area contributed by atoms with E-state index < -0.39 is 32.5 Å². The van der Waals surface area contributed by atoms with Crippen molar-refractivity contribution >= 4 is 19.8 Å². The highest BCUT2D eigenvalue weighted by molar-refractivity contribution is 7.45. The summed E-state index contributed by atoms with van der Waals surface area (Å²) in [7, 11) is 1.12. The standard InChI is InChI=1S/C64H108NO8P/c1-6-8-10-12-14-16-18-20-22-24-25-26-27-28-29-30-31-32-33-34-35-36-37-38-39-41-43-45-47-49-51-53-55-57-64(67)73-62(61-72-74(68,69)71-59-58-65(3,4)5)60-70-63(66)56-54-52-50-48-46-44-42-40-23-21-19-17-15-13-11-9-7-2/h8-11,14-17,20-23,25-26,28-29,42,44,48,50,62H,6-7,12-13,18-19,24,27,30-41,43,45-47,49,51-61H2,1-5H3/b10-8-,11-9-,16-14-,17-15-,22-20-,23-21-,26-25-,29-28-,44-42-,50-48-. The number of ether oxygens (including phenoxy) is 2. The maximum absolute atomic E-state index is 12.8. The third kappa shape index (κ3) is 57.7. The zero-order valence-corrected chi connectivity index (χ0v) is 48.6. The predicted molar refractivity (Wildman–Crippen MR) is 314 cm³/mol. The van der Waals surface area contributed by atoms with Gasteiger partial charge in [0.1, 0.15) is 19.8 Å². The average molecular weight is 1050 g/mol. The minimum Gasteiger partial charge on any atom is -0.756 e. The Morgan fingerprint density at radius 1 is 0.419 bits per heavy atom. The fraction of sp³-hybridized carbons (Fsp3) is 0.656. The van der Waals surface area contributed by atoms with E-state index in [1.165, 1.54) is 89.9 Å². The van der Waals surface area contributed by atoms with Gasteiger partial charge in [0.05, 0.1) is 27.7 Å². The van der Waals surface area contributed by atoms with Crippen LogP contribution in [0.15, 0.2) is 122 Å². The number of esters is 2. The maximum Gasteiger partial charge on any atom is 0.306 e. The summed E-state index contributed by atoms with van der Waals surface area (Å²) in [6.07, 6.45) is 76.9. The number of hydrogen-bond donors (Lipinski definition) is 0. The minimum atomic E-state index is -4.65. The lowest BCUT2D eigenvalue weighted by Gasteiger charge is -2.28. The molecule has 0 aliphatic heterocycles. The molecule has 10 heteroatoms. The van der Waals surface area contributed by atoms with E-state index in [9.17, 15) is 19.0 Å². The molecule has 0 bridgehead atoms. The van der Waals surface area contributed by atoms with E-state index in [2.05, 4.69) is 135 Å². The number of carbonyl (C=O) groups is 2. The van der Waals surface area contributed by atoms with Crippen LogP contribution in [0.2, 0.25) is 0 Å². The molecule has 0 spiro atoms. The molecule has 9 nitrogen and oxygen atoms in total. The Bertz CT molecular complexity index is 1660. The number of carbonyl (C=O) groups excluding carboxylic acids is 2. The van der Waals surface area contributed by atoms with Crippen molar-refractivity contribution in [3.63, 3.8) is 0 Å². The number of unbranched alkanes of at least 4 members (excludes halogenated alkanes) is 18. The first-order valence-electron chi connectivity index (χ1n) is 29.2. The van der Waals surface area contributed by atoms with Crippen LogP contribution in [0.3, 0.4) is 0 Å². The van der Waals surface area contributed by atoms with Gasteiger partial charge in [-0.15, -0.1) is 0 Å². The zero-order chi connectivity index (χ0) is 54.2. The van der Waals surface area contributed by atoms with Crippen molar-refractivity contribution in [1.29, 1.82) is 0 Å². The Labute approximate surface area is 454 Å². The summed E-state index contributed by atoms with van der Waals surface area (Å²) >= 11 is 0. The molecular formula is C64H108NO8P. The monoisotopic (exact) mass is 1050 g/mol. The Morgan fingerprint density at radius 2 is 0.743 bits per heavy atom. The molecule has 2 atom stereocenters. The van der Waals surface area contributed by atoms with E-state index in [-0.39, 0.29) is 26.1 Å². The third-order valence-electron chi connectivity index (χ3n) is 12.0. The van der Waals surface area contributed by atoms with Crippen LogP contribution in [-0.4, -0.2) is 70.0 Å². The van der Waals surface area contributed by atoms with Gasteiger partial charge >= 0.3 is 11.9 Å². The molecular weight excluding hydrogens is 942 g/mol. The summed E-state index contributed by atoms with van der Waals surface area (Å²) in [5.41, 5.74) is 0. The molecule has 0 aliphatic carbocycles. The molecule has 0 amide bonds. The molecule has 0 heterocycles. The number of phosphoric acid groups is 1. The lowest BCUT2D eigenvalue weighted by molar-refractivity contribution is -0.870. The summed E-state index contributed by atoms with van der Waals surface area (Å²) in [4.78, 5) is 37.8. The van der Waals surface area contributed by atoms with E-state index in [0.717, 1.165) is 89.9 Å². The van der Waals surface area contributed by atoms with Crippen molar-refractivity contribution in [1.82, 2.24) is 0 Å². The first kappa shape index (κ1) is 70.4. The Hall–Kier alpha value is -3.59. The van der Waals surface area contributed by atoms with Crippen LogP contribution in [-0.2, 0) is 32.7 Å². The van der Waals surface area contributed by atoms with Crippen LogP contribution in [0.25, 0.3) is 0 Å². The second-order valence-electron chi connectivity index (χ2n) is 20.2. The number of likely N-dealkylation sites (N-methyl/N-ethyl adjacent to an activating group) is 1. The summed E-state index contributed by atoms with van der Waals surface area (Å²) in [6.45, 7) is 3.94. The molecule has 0 saturated carbocycles. The number of phosphoric ester groups is 1. The molecule has 0 N–H and O–H groups in total. The van der Waals surface area contributed by atoms with Crippen LogP contribution in [0, 0.1) is 0 Å². The van der Waals surface area contributed by atoms with Gasteiger partial charge in [-0.05, 0) is 96.3 Å². The van der Waals surface area contributed by atoms with Crippen molar-refractivity contribution in [2.45, 2.75) is 225 Å². The van der Waals surface area contributed by atoms with Gasteiger partial charge in [0.2, 0.25) is 0 Å². The van der Waals surface area contributed by atoms with Crippen molar-refractivity contribution in [2.24, 2.45) is 0 Å². The van der Waals surface area contributed by atoms with Crippen LogP contribution >= 0.6 is 7.82 Å². The molecule has 0 fully saturated rings. The van der Waals surface area contributed by atoms with Gasteiger partial charge < -0.3 is 27.9 Å². The smallest absolute Gasteiger partial charge is 0.306 e. The van der Waals surface area contributed by atoms with Crippen molar-refractivity contribution in [2.75, 3.05) is 47.5 Å². The zero-order valence-electron chi connectivity index (χ0n) is 47.7. The number of allylic oxidation sites excluding steroid dienone is 20. The molecule has 0 radical (unpaired) electrons. The van der Waals surface area contributed by atoms with Gasteiger partial charge in [-0.2, -0.15) is 0 Å². The first-order valence-corrected chi connectivity index (χ1v) is 30.7. The molecule has 422 valence electrons. The molecule has 74 heavy (non-hydrogen) atoms. The highest BCUT2D eigenvalue weighted by Crippen LogP contribution is 2.38. The Kier molecular flexibility index (Phi) is 51.6. The van der Waals surface area contributed by atoms with Crippen LogP contribution in [0.4, 0.5) is 0 Å². The molecule has 0 rings (SSSR count).